The molecule has 2 saturated carbocycles. The Hall–Kier alpha value is -2.56. The predicted molar refractivity (Wildman–Crippen MR) is 142 cm³/mol. The van der Waals surface area contributed by atoms with Crippen molar-refractivity contribution < 1.29 is 24.0 Å². The Labute approximate surface area is 223 Å². The van der Waals surface area contributed by atoms with E-state index in [9.17, 15) is 24.0 Å². The van der Waals surface area contributed by atoms with Crippen molar-refractivity contribution in [3.8, 4) is 0 Å². The summed E-state index contributed by atoms with van der Waals surface area (Å²) in [5, 5.41) is 6.89. The second kappa shape index (κ2) is 13.8. The highest BCUT2D eigenvalue weighted by atomic mass is 32.2. The predicted octanol–water partition coefficient (Wildman–Crippen LogP) is 1.69. The minimum atomic E-state index is -1.05. The Morgan fingerprint density at radius 3 is 2.43 bits per heavy atom. The van der Waals surface area contributed by atoms with Gasteiger partial charge in [0.15, 0.2) is 0 Å². The summed E-state index contributed by atoms with van der Waals surface area (Å²) in [7, 11) is 0. The van der Waals surface area contributed by atoms with E-state index >= 15 is 0 Å². The lowest BCUT2D eigenvalue weighted by Crippen LogP contribution is -2.59. The lowest BCUT2D eigenvalue weighted by Gasteiger charge is -2.35. The number of fused-ring (bicyclic) bond motifs is 1. The van der Waals surface area contributed by atoms with Gasteiger partial charge in [0.05, 0.1) is 0 Å². The topological polar surface area (TPSA) is 151 Å². The standard InChI is InChI=1S/C26H41N5O5S/c1-3-13-28-23(34)21(32)24(37-14-4-2)30-22(33)20-18-12-8-11-17(18)15-31(20)25(35)19(29-26(27)36)16-9-6-5-7-10-16/h3,16-20,24H,1,4-15H2,2H3,(H,28,34)(H,30,33)(H3,27,29,36)/t17-,18-,19-,20-,24?/m0/s1. The molecule has 1 saturated heterocycles. The normalized spacial score (nSPS) is 25.0. The Kier molecular flexibility index (Phi) is 10.8. The van der Waals surface area contributed by atoms with Gasteiger partial charge in [-0.1, -0.05) is 38.7 Å². The number of hydrogen-bond acceptors (Lipinski definition) is 6. The van der Waals surface area contributed by atoms with Gasteiger partial charge in [0.2, 0.25) is 11.8 Å². The van der Waals surface area contributed by atoms with E-state index < -0.39 is 41.1 Å². The molecule has 0 aromatic carbocycles. The minimum absolute atomic E-state index is 0.0222. The molecule has 0 radical (unpaired) electrons. The number of likely N-dealkylation sites (tertiary alicyclic amines) is 1. The zero-order chi connectivity index (χ0) is 26.9. The van der Waals surface area contributed by atoms with Crippen LogP contribution in [0.15, 0.2) is 12.7 Å². The molecule has 1 unspecified atom stereocenters. The van der Waals surface area contributed by atoms with Crippen molar-refractivity contribution in [3.05, 3.63) is 12.7 Å². The lowest BCUT2D eigenvalue weighted by atomic mass is 9.83. The van der Waals surface area contributed by atoms with Crippen LogP contribution < -0.4 is 21.7 Å². The third kappa shape index (κ3) is 7.27. The van der Waals surface area contributed by atoms with Gasteiger partial charge >= 0.3 is 6.03 Å². The number of thioether (sulfide) groups is 1. The molecule has 0 aromatic rings. The first-order valence-corrected chi connectivity index (χ1v) is 14.5. The Morgan fingerprint density at radius 1 is 1.05 bits per heavy atom. The Bertz CT molecular complexity index is 877. The van der Waals surface area contributed by atoms with E-state index in [2.05, 4.69) is 22.5 Å². The summed E-state index contributed by atoms with van der Waals surface area (Å²) < 4.78 is 0. The van der Waals surface area contributed by atoms with Crippen molar-refractivity contribution in [1.82, 2.24) is 20.9 Å². The number of primary amides is 1. The summed E-state index contributed by atoms with van der Waals surface area (Å²) in [6.45, 7) is 6.07. The van der Waals surface area contributed by atoms with Gasteiger partial charge < -0.3 is 26.6 Å². The summed E-state index contributed by atoms with van der Waals surface area (Å²) in [6, 6.07) is -2.28. The van der Waals surface area contributed by atoms with E-state index in [1.807, 2.05) is 6.92 Å². The number of rotatable bonds is 12. The van der Waals surface area contributed by atoms with Crippen LogP contribution in [0, 0.1) is 17.8 Å². The van der Waals surface area contributed by atoms with Crippen molar-refractivity contribution in [2.24, 2.45) is 23.5 Å². The molecule has 0 spiro atoms. The van der Waals surface area contributed by atoms with Gasteiger partial charge in [-0.25, -0.2) is 4.79 Å². The van der Waals surface area contributed by atoms with E-state index in [0.717, 1.165) is 57.8 Å². The number of nitrogens with zero attached hydrogens (tertiary/aromatic N) is 1. The fourth-order valence-corrected chi connectivity index (χ4v) is 6.98. The number of amides is 5. The molecular formula is C26H41N5O5S. The quantitative estimate of drug-likeness (QED) is 0.170. The van der Waals surface area contributed by atoms with E-state index in [0.29, 0.717) is 12.3 Å². The number of nitrogens with one attached hydrogen (secondary N) is 3. The first kappa shape index (κ1) is 29.0. The number of Topliss-reactive ketones (excluding diaryl/α,β-unsaturated/α-hetero) is 1. The van der Waals surface area contributed by atoms with Crippen molar-refractivity contribution in [1.29, 1.82) is 0 Å². The van der Waals surface area contributed by atoms with Crippen molar-refractivity contribution in [3.63, 3.8) is 0 Å². The van der Waals surface area contributed by atoms with E-state index in [1.54, 1.807) is 4.90 Å². The van der Waals surface area contributed by atoms with Crippen LogP contribution in [0.3, 0.4) is 0 Å². The van der Waals surface area contributed by atoms with E-state index in [1.165, 1.54) is 17.8 Å². The van der Waals surface area contributed by atoms with Gasteiger partial charge in [0, 0.05) is 13.1 Å². The molecule has 2 aliphatic carbocycles. The second-order valence-electron chi connectivity index (χ2n) is 10.3. The number of nitrogens with two attached hydrogens (primary N) is 1. The van der Waals surface area contributed by atoms with Crippen molar-refractivity contribution in [2.75, 3.05) is 18.8 Å². The van der Waals surface area contributed by atoms with E-state index in [-0.39, 0.29) is 30.2 Å². The molecule has 0 aromatic heterocycles. The average Bonchev–Trinajstić information content (AvgIpc) is 3.49. The molecule has 3 rings (SSSR count). The first-order valence-electron chi connectivity index (χ1n) is 13.5. The molecule has 5 amide bonds. The van der Waals surface area contributed by atoms with Crippen LogP contribution in [0.5, 0.6) is 0 Å². The molecule has 1 aliphatic heterocycles. The van der Waals surface area contributed by atoms with Gasteiger partial charge in [0.1, 0.15) is 17.5 Å². The first-order chi connectivity index (χ1) is 17.8. The maximum atomic E-state index is 13.9. The van der Waals surface area contributed by atoms with E-state index in [4.69, 9.17) is 5.73 Å². The molecular weight excluding hydrogens is 494 g/mol. The molecule has 3 fully saturated rings. The zero-order valence-electron chi connectivity index (χ0n) is 21.7. The summed E-state index contributed by atoms with van der Waals surface area (Å²) >= 11 is 1.21. The van der Waals surface area contributed by atoms with Crippen LogP contribution in [-0.2, 0) is 19.2 Å². The van der Waals surface area contributed by atoms with Crippen LogP contribution in [0.25, 0.3) is 0 Å². The number of carbonyl (C=O) groups is 5. The molecule has 3 aliphatic rings. The SMILES string of the molecule is C=CCNC(=O)C(=O)C(NC(=O)[C@@H]1[C@H]2CCC[C@H]2CN1C(=O)[C@@H](NC(N)=O)C1CCCCC1)SCCC. The number of hydrogen-bond donors (Lipinski definition) is 4. The Balaban J connectivity index is 1.81. The smallest absolute Gasteiger partial charge is 0.312 e. The monoisotopic (exact) mass is 535 g/mol. The lowest BCUT2D eigenvalue weighted by molar-refractivity contribution is -0.143. The molecule has 11 heteroatoms. The largest absolute Gasteiger partial charge is 0.352 e. The highest BCUT2D eigenvalue weighted by Gasteiger charge is 2.51. The van der Waals surface area contributed by atoms with Crippen LogP contribution in [0.4, 0.5) is 4.79 Å². The van der Waals surface area contributed by atoms with Crippen molar-refractivity contribution in [2.45, 2.75) is 82.2 Å². The zero-order valence-corrected chi connectivity index (χ0v) is 22.5. The molecule has 10 nitrogen and oxygen atoms in total. The fraction of sp³-hybridized carbons (Fsp3) is 0.731. The fourth-order valence-electron chi connectivity index (χ4n) is 6.05. The minimum Gasteiger partial charge on any atom is -0.352 e. The van der Waals surface area contributed by atoms with Crippen LogP contribution in [-0.4, -0.2) is 70.7 Å². The Morgan fingerprint density at radius 2 is 1.78 bits per heavy atom. The molecule has 5 atom stereocenters. The van der Waals surface area contributed by atoms with Gasteiger partial charge in [0.25, 0.3) is 11.7 Å². The highest BCUT2D eigenvalue weighted by molar-refractivity contribution is 8.00. The second-order valence-corrected chi connectivity index (χ2v) is 11.5. The molecule has 0 bridgehead atoms. The third-order valence-electron chi connectivity index (χ3n) is 7.76. The maximum Gasteiger partial charge on any atom is 0.312 e. The number of urea groups is 1. The summed E-state index contributed by atoms with van der Waals surface area (Å²) in [5.41, 5.74) is 5.45. The van der Waals surface area contributed by atoms with Gasteiger partial charge in [-0.2, -0.15) is 0 Å². The van der Waals surface area contributed by atoms with Crippen molar-refractivity contribution >= 4 is 41.3 Å². The molecule has 37 heavy (non-hydrogen) atoms. The summed E-state index contributed by atoms with van der Waals surface area (Å²) in [5.74, 6) is -1.51. The molecule has 206 valence electrons. The highest BCUT2D eigenvalue weighted by Crippen LogP contribution is 2.43. The van der Waals surface area contributed by atoms with Gasteiger partial charge in [-0.05, 0) is 55.6 Å². The third-order valence-corrected chi connectivity index (χ3v) is 9.07. The van der Waals surface area contributed by atoms with Crippen LogP contribution >= 0.6 is 11.8 Å². The number of ketones is 1. The summed E-state index contributed by atoms with van der Waals surface area (Å²) in [6.07, 6.45) is 9.64. The maximum absolute atomic E-state index is 13.9. The van der Waals surface area contributed by atoms with Gasteiger partial charge in [-0.3, -0.25) is 19.2 Å². The van der Waals surface area contributed by atoms with Crippen LogP contribution in [0.1, 0.15) is 64.7 Å². The van der Waals surface area contributed by atoms with Crippen LogP contribution in [0.2, 0.25) is 0 Å². The molecule has 1 heterocycles. The van der Waals surface area contributed by atoms with Gasteiger partial charge in [-0.15, -0.1) is 18.3 Å². The summed E-state index contributed by atoms with van der Waals surface area (Å²) in [4.78, 5) is 66.2. The number of carbonyl (C=O) groups excluding carboxylic acids is 5. The average molecular weight is 536 g/mol. The molecule has 5 N–H and O–H groups in total.